The summed E-state index contributed by atoms with van der Waals surface area (Å²) in [6.45, 7) is 2.53. The maximum Gasteiger partial charge on any atom is 0.254 e. The molecule has 2 N–H and O–H groups in total. The maximum atomic E-state index is 12.1. The summed E-state index contributed by atoms with van der Waals surface area (Å²) in [6.07, 6.45) is 2.85. The van der Waals surface area contributed by atoms with E-state index in [9.17, 15) is 4.79 Å². The summed E-state index contributed by atoms with van der Waals surface area (Å²) in [5.74, 6) is -0.149. The molecule has 1 aromatic carbocycles. The van der Waals surface area contributed by atoms with Crippen molar-refractivity contribution in [2.75, 3.05) is 13.2 Å². The number of aromatic nitrogens is 2. The Bertz CT molecular complexity index is 608. The van der Waals surface area contributed by atoms with Gasteiger partial charge in [-0.3, -0.25) is 4.79 Å². The largest absolute Gasteiger partial charge is 0.396 e. The molecule has 0 unspecified atom stereocenters. The Balaban J connectivity index is 2.25. The first-order valence-electron chi connectivity index (χ1n) is 6.89. The van der Waals surface area contributed by atoms with E-state index in [1.165, 1.54) is 0 Å². The number of benzene rings is 1. The van der Waals surface area contributed by atoms with Crippen LogP contribution in [0.2, 0.25) is 0 Å². The topological polar surface area (TPSA) is 67.2 Å². The summed E-state index contributed by atoms with van der Waals surface area (Å²) in [6, 6.07) is 7.78. The Kier molecular flexibility index (Phi) is 5.52. The standard InChI is InChI=1S/C15H18BrN3O2/c1-2-14-13(15(21)17-8-3-9-20)10-18-19(14)12-6-4-11(16)5-7-12/h4-7,10,20H,2-3,8-9H2,1H3,(H,17,21). The van der Waals surface area contributed by atoms with E-state index in [0.29, 0.717) is 24.9 Å². The SMILES string of the molecule is CCc1c(C(=O)NCCCO)cnn1-c1ccc(Br)cc1. The van der Waals surface area contributed by atoms with Crippen molar-refractivity contribution in [3.63, 3.8) is 0 Å². The highest BCUT2D eigenvalue weighted by atomic mass is 79.9. The second-order valence-corrected chi connectivity index (χ2v) is 5.50. The number of hydrogen-bond acceptors (Lipinski definition) is 3. The van der Waals surface area contributed by atoms with Gasteiger partial charge in [0.1, 0.15) is 0 Å². The van der Waals surface area contributed by atoms with E-state index >= 15 is 0 Å². The Labute approximate surface area is 132 Å². The predicted octanol–water partition coefficient (Wildman–Crippen LogP) is 2.31. The lowest BCUT2D eigenvalue weighted by molar-refractivity contribution is 0.0950. The first-order valence-corrected chi connectivity index (χ1v) is 7.68. The third-order valence-electron chi connectivity index (χ3n) is 3.14. The molecule has 0 radical (unpaired) electrons. The quantitative estimate of drug-likeness (QED) is 0.784. The molecule has 0 atom stereocenters. The first kappa shape index (κ1) is 15.7. The van der Waals surface area contributed by atoms with Gasteiger partial charge in [-0.1, -0.05) is 22.9 Å². The van der Waals surface area contributed by atoms with Gasteiger partial charge in [-0.25, -0.2) is 4.68 Å². The molecule has 0 fully saturated rings. The average Bonchev–Trinajstić information content (AvgIpc) is 2.92. The molecule has 21 heavy (non-hydrogen) atoms. The molecule has 6 heteroatoms. The third kappa shape index (κ3) is 3.71. The van der Waals surface area contributed by atoms with E-state index in [2.05, 4.69) is 26.3 Å². The second-order valence-electron chi connectivity index (χ2n) is 4.58. The summed E-state index contributed by atoms with van der Waals surface area (Å²) in [5.41, 5.74) is 2.38. The van der Waals surface area contributed by atoms with Crippen molar-refractivity contribution in [1.29, 1.82) is 0 Å². The minimum absolute atomic E-state index is 0.0685. The molecular formula is C15H18BrN3O2. The van der Waals surface area contributed by atoms with Crippen molar-refractivity contribution in [3.8, 4) is 5.69 Å². The molecule has 0 saturated heterocycles. The van der Waals surface area contributed by atoms with Crippen molar-refractivity contribution in [1.82, 2.24) is 15.1 Å². The van der Waals surface area contributed by atoms with Crippen LogP contribution in [0.4, 0.5) is 0 Å². The number of carbonyl (C=O) groups is 1. The van der Waals surface area contributed by atoms with E-state index in [0.717, 1.165) is 15.9 Å². The number of hydrogen-bond donors (Lipinski definition) is 2. The lowest BCUT2D eigenvalue weighted by Gasteiger charge is -2.08. The maximum absolute atomic E-state index is 12.1. The van der Waals surface area contributed by atoms with Gasteiger partial charge in [-0.2, -0.15) is 5.10 Å². The van der Waals surface area contributed by atoms with E-state index < -0.39 is 0 Å². The Morgan fingerprint density at radius 3 is 2.71 bits per heavy atom. The molecule has 2 aromatic rings. The van der Waals surface area contributed by atoms with Crippen molar-refractivity contribution < 1.29 is 9.90 Å². The first-order chi connectivity index (χ1) is 10.2. The third-order valence-corrected chi connectivity index (χ3v) is 3.67. The lowest BCUT2D eigenvalue weighted by atomic mass is 10.2. The summed E-state index contributed by atoms with van der Waals surface area (Å²) < 4.78 is 2.78. The van der Waals surface area contributed by atoms with E-state index in [4.69, 9.17) is 5.11 Å². The molecule has 0 spiro atoms. The minimum Gasteiger partial charge on any atom is -0.396 e. The van der Waals surface area contributed by atoms with Gasteiger partial charge in [0, 0.05) is 17.6 Å². The van der Waals surface area contributed by atoms with Crippen LogP contribution in [0.5, 0.6) is 0 Å². The van der Waals surface area contributed by atoms with Gasteiger partial charge in [0.2, 0.25) is 0 Å². The number of halogens is 1. The molecule has 0 saturated carbocycles. The van der Waals surface area contributed by atoms with Crippen LogP contribution in [0.15, 0.2) is 34.9 Å². The van der Waals surface area contributed by atoms with Gasteiger partial charge in [-0.05, 0) is 37.1 Å². The van der Waals surface area contributed by atoms with Crippen molar-refractivity contribution in [2.45, 2.75) is 19.8 Å². The van der Waals surface area contributed by atoms with Crippen LogP contribution >= 0.6 is 15.9 Å². The number of amides is 1. The van der Waals surface area contributed by atoms with Crippen LogP contribution in [0.25, 0.3) is 5.69 Å². The van der Waals surface area contributed by atoms with Gasteiger partial charge in [-0.15, -0.1) is 0 Å². The zero-order valence-electron chi connectivity index (χ0n) is 11.8. The summed E-state index contributed by atoms with van der Waals surface area (Å²) in [5, 5.41) is 15.9. The Hall–Kier alpha value is -1.66. The lowest BCUT2D eigenvalue weighted by Crippen LogP contribution is -2.25. The van der Waals surface area contributed by atoms with Crippen LogP contribution in [-0.2, 0) is 6.42 Å². The van der Waals surface area contributed by atoms with E-state index in [1.54, 1.807) is 10.9 Å². The molecule has 112 valence electrons. The molecule has 5 nitrogen and oxygen atoms in total. The average molecular weight is 352 g/mol. The smallest absolute Gasteiger partial charge is 0.254 e. The fourth-order valence-electron chi connectivity index (χ4n) is 2.08. The molecule has 0 aliphatic rings. The van der Waals surface area contributed by atoms with Crippen molar-refractivity contribution in [3.05, 3.63) is 46.2 Å². The number of aliphatic hydroxyl groups is 1. The van der Waals surface area contributed by atoms with Gasteiger partial charge in [0.15, 0.2) is 0 Å². The second kappa shape index (κ2) is 7.38. The molecule has 1 amide bonds. The zero-order chi connectivity index (χ0) is 15.2. The number of carbonyl (C=O) groups excluding carboxylic acids is 1. The molecule has 0 aliphatic carbocycles. The highest BCUT2D eigenvalue weighted by molar-refractivity contribution is 9.10. The van der Waals surface area contributed by atoms with E-state index in [1.807, 2.05) is 31.2 Å². The van der Waals surface area contributed by atoms with Crippen molar-refractivity contribution >= 4 is 21.8 Å². The fourth-order valence-corrected chi connectivity index (χ4v) is 2.35. The highest BCUT2D eigenvalue weighted by Gasteiger charge is 2.16. The number of nitrogens with one attached hydrogen (secondary N) is 1. The fraction of sp³-hybridized carbons (Fsp3) is 0.333. The van der Waals surface area contributed by atoms with Crippen LogP contribution in [-0.4, -0.2) is 33.9 Å². The van der Waals surface area contributed by atoms with Crippen LogP contribution in [0.1, 0.15) is 29.4 Å². The monoisotopic (exact) mass is 351 g/mol. The molecule has 1 heterocycles. The highest BCUT2D eigenvalue weighted by Crippen LogP contribution is 2.18. The van der Waals surface area contributed by atoms with Gasteiger partial charge >= 0.3 is 0 Å². The molecule has 1 aromatic heterocycles. The number of aliphatic hydroxyl groups excluding tert-OH is 1. The van der Waals surface area contributed by atoms with Gasteiger partial charge < -0.3 is 10.4 Å². The van der Waals surface area contributed by atoms with E-state index in [-0.39, 0.29) is 12.5 Å². The van der Waals surface area contributed by atoms with Crippen LogP contribution in [0, 0.1) is 0 Å². The van der Waals surface area contributed by atoms with Crippen LogP contribution < -0.4 is 5.32 Å². The Morgan fingerprint density at radius 1 is 1.38 bits per heavy atom. The molecule has 2 rings (SSSR count). The molecular weight excluding hydrogens is 334 g/mol. The summed E-state index contributed by atoms with van der Waals surface area (Å²) >= 11 is 3.40. The normalized spacial score (nSPS) is 10.6. The Morgan fingerprint density at radius 2 is 2.10 bits per heavy atom. The van der Waals surface area contributed by atoms with Gasteiger partial charge in [0.05, 0.1) is 23.1 Å². The molecule has 0 bridgehead atoms. The summed E-state index contributed by atoms with van der Waals surface area (Å²) in [7, 11) is 0. The number of nitrogens with zero attached hydrogens (tertiary/aromatic N) is 2. The van der Waals surface area contributed by atoms with Crippen molar-refractivity contribution in [2.24, 2.45) is 0 Å². The van der Waals surface area contributed by atoms with Crippen LogP contribution in [0.3, 0.4) is 0 Å². The zero-order valence-corrected chi connectivity index (χ0v) is 13.4. The summed E-state index contributed by atoms with van der Waals surface area (Å²) in [4.78, 5) is 12.1. The number of rotatable bonds is 6. The predicted molar refractivity (Wildman–Crippen MR) is 84.7 cm³/mol. The minimum atomic E-state index is -0.149. The molecule has 0 aliphatic heterocycles. The van der Waals surface area contributed by atoms with Gasteiger partial charge in [0.25, 0.3) is 5.91 Å².